The van der Waals surface area contributed by atoms with Crippen LogP contribution < -0.4 is 4.74 Å². The molecule has 0 atom stereocenters. The fraction of sp³-hybridized carbons (Fsp3) is 0.176. The molecule has 0 saturated heterocycles. The number of carbonyl (C=O) groups is 2. The first-order chi connectivity index (χ1) is 11.0. The van der Waals surface area contributed by atoms with Gasteiger partial charge in [0.15, 0.2) is 12.4 Å². The topological polar surface area (TPSA) is 93.1 Å². The Bertz CT molecular complexity index is 706. The van der Waals surface area contributed by atoms with Gasteiger partial charge in [0.25, 0.3) is 0 Å². The van der Waals surface area contributed by atoms with Gasteiger partial charge >= 0.3 is 5.97 Å². The van der Waals surface area contributed by atoms with Crippen LogP contribution in [0.25, 0.3) is 0 Å². The summed E-state index contributed by atoms with van der Waals surface area (Å²) in [5, 5.41) is 18.7. The maximum atomic E-state index is 12.0. The van der Waals surface area contributed by atoms with E-state index in [1.165, 1.54) is 12.1 Å². The number of Topliss-reactive ketones (excluding diaryl/α,β-unsaturated/α-hetero) is 1. The third-order valence-corrected chi connectivity index (χ3v) is 3.02. The van der Waals surface area contributed by atoms with Crippen molar-refractivity contribution in [1.29, 1.82) is 0 Å². The Morgan fingerprint density at radius 3 is 2.35 bits per heavy atom. The van der Waals surface area contributed by atoms with Crippen molar-refractivity contribution in [2.45, 2.75) is 6.92 Å². The van der Waals surface area contributed by atoms with Crippen molar-refractivity contribution in [1.82, 2.24) is 0 Å². The molecule has 0 heterocycles. The normalized spacial score (nSPS) is 10.1. The zero-order valence-electron chi connectivity index (χ0n) is 12.5. The largest absolute Gasteiger partial charge is 0.508 e. The van der Waals surface area contributed by atoms with Crippen LogP contribution in [0.2, 0.25) is 0 Å². The molecule has 23 heavy (non-hydrogen) atoms. The molecule has 0 radical (unpaired) electrons. The van der Waals surface area contributed by atoms with Crippen LogP contribution in [0.1, 0.15) is 27.6 Å². The average molecular weight is 316 g/mol. The number of benzene rings is 2. The van der Waals surface area contributed by atoms with E-state index in [1.807, 2.05) is 6.92 Å². The molecule has 0 aliphatic carbocycles. The first kappa shape index (κ1) is 16.4. The van der Waals surface area contributed by atoms with Crippen molar-refractivity contribution in [3.8, 4) is 17.2 Å². The van der Waals surface area contributed by atoms with Gasteiger partial charge in [0, 0.05) is 11.6 Å². The maximum Gasteiger partial charge on any atom is 0.342 e. The molecule has 2 aromatic rings. The lowest BCUT2D eigenvalue weighted by molar-refractivity contribution is 0.0471. The summed E-state index contributed by atoms with van der Waals surface area (Å²) in [4.78, 5) is 23.8. The molecule has 0 aliphatic rings. The summed E-state index contributed by atoms with van der Waals surface area (Å²) in [6.45, 7) is 1.94. The summed E-state index contributed by atoms with van der Waals surface area (Å²) in [5.41, 5.74) is 0.262. The van der Waals surface area contributed by atoms with E-state index < -0.39 is 18.3 Å². The second-order valence-corrected chi connectivity index (χ2v) is 4.66. The van der Waals surface area contributed by atoms with Crippen LogP contribution in [0.15, 0.2) is 42.5 Å². The van der Waals surface area contributed by atoms with Gasteiger partial charge in [-0.3, -0.25) is 4.79 Å². The minimum Gasteiger partial charge on any atom is -0.508 e. The third-order valence-electron chi connectivity index (χ3n) is 3.02. The molecule has 0 spiro atoms. The Morgan fingerprint density at radius 2 is 1.74 bits per heavy atom. The zero-order valence-corrected chi connectivity index (χ0v) is 12.5. The first-order valence-electron chi connectivity index (χ1n) is 6.96. The van der Waals surface area contributed by atoms with Gasteiger partial charge < -0.3 is 19.7 Å². The molecule has 6 heteroatoms. The molecule has 120 valence electrons. The van der Waals surface area contributed by atoms with E-state index in [-0.39, 0.29) is 17.1 Å². The lowest BCUT2D eigenvalue weighted by atomic mass is 10.1. The smallest absolute Gasteiger partial charge is 0.342 e. The van der Waals surface area contributed by atoms with Gasteiger partial charge in [-0.25, -0.2) is 4.79 Å². The monoisotopic (exact) mass is 316 g/mol. The predicted molar refractivity (Wildman–Crippen MR) is 82.0 cm³/mol. The minimum absolute atomic E-state index is 0.123. The van der Waals surface area contributed by atoms with Gasteiger partial charge in [0.2, 0.25) is 0 Å². The number of esters is 1. The number of hydrogen-bond donors (Lipinski definition) is 2. The number of phenols is 2. The van der Waals surface area contributed by atoms with Gasteiger partial charge in [-0.15, -0.1) is 0 Å². The van der Waals surface area contributed by atoms with Crippen LogP contribution in [-0.4, -0.2) is 35.2 Å². The predicted octanol–water partition coefficient (Wildman–Crippen LogP) is 2.54. The first-order valence-corrected chi connectivity index (χ1v) is 6.96. The zero-order chi connectivity index (χ0) is 16.8. The molecule has 0 bridgehead atoms. The highest BCUT2D eigenvalue weighted by molar-refractivity contribution is 6.00. The van der Waals surface area contributed by atoms with Gasteiger partial charge in [0.05, 0.1) is 6.61 Å². The fourth-order valence-corrected chi connectivity index (χ4v) is 1.89. The van der Waals surface area contributed by atoms with Crippen molar-refractivity contribution >= 4 is 11.8 Å². The van der Waals surface area contributed by atoms with E-state index in [2.05, 4.69) is 0 Å². The van der Waals surface area contributed by atoms with Crippen LogP contribution in [-0.2, 0) is 4.74 Å². The molecule has 2 rings (SSSR count). The highest BCUT2D eigenvalue weighted by Gasteiger charge is 2.15. The fourth-order valence-electron chi connectivity index (χ4n) is 1.89. The van der Waals surface area contributed by atoms with E-state index in [4.69, 9.17) is 9.47 Å². The quantitative estimate of drug-likeness (QED) is 0.628. The Morgan fingerprint density at radius 1 is 1.04 bits per heavy atom. The number of carbonyl (C=O) groups excluding carboxylic acids is 2. The van der Waals surface area contributed by atoms with Crippen LogP contribution >= 0.6 is 0 Å². The second-order valence-electron chi connectivity index (χ2n) is 4.66. The molecule has 0 aromatic heterocycles. The summed E-state index contributed by atoms with van der Waals surface area (Å²) in [5.74, 6) is -1.16. The number of ketones is 1. The molecule has 0 unspecified atom stereocenters. The van der Waals surface area contributed by atoms with Crippen molar-refractivity contribution in [3.05, 3.63) is 53.6 Å². The number of hydrogen-bond acceptors (Lipinski definition) is 6. The van der Waals surface area contributed by atoms with E-state index in [9.17, 15) is 19.8 Å². The van der Waals surface area contributed by atoms with Crippen LogP contribution in [0, 0.1) is 0 Å². The van der Waals surface area contributed by atoms with Crippen molar-refractivity contribution in [3.63, 3.8) is 0 Å². The average Bonchev–Trinajstić information content (AvgIpc) is 2.53. The number of rotatable bonds is 6. The van der Waals surface area contributed by atoms with Gasteiger partial charge in [-0.2, -0.15) is 0 Å². The molecular weight excluding hydrogens is 300 g/mol. The molecular formula is C17H16O6. The Kier molecular flexibility index (Phi) is 5.19. The molecule has 0 aliphatic heterocycles. The summed E-state index contributed by atoms with van der Waals surface area (Å²) in [6, 6.07) is 9.96. The lowest BCUT2D eigenvalue weighted by Gasteiger charge is -2.07. The van der Waals surface area contributed by atoms with Crippen molar-refractivity contribution in [2.75, 3.05) is 13.2 Å². The number of ether oxygens (including phenoxy) is 2. The number of phenolic OH excluding ortho intramolecular Hbond substituents is 2. The summed E-state index contributed by atoms with van der Waals surface area (Å²) < 4.78 is 10.2. The van der Waals surface area contributed by atoms with Crippen LogP contribution in [0.3, 0.4) is 0 Å². The van der Waals surface area contributed by atoms with Gasteiger partial charge in [-0.05, 0) is 43.3 Å². The number of aromatic hydroxyl groups is 2. The third kappa shape index (κ3) is 4.23. The second kappa shape index (κ2) is 7.31. The summed E-state index contributed by atoms with van der Waals surface area (Å²) in [7, 11) is 0. The highest BCUT2D eigenvalue weighted by atomic mass is 16.5. The Labute approximate surface area is 132 Å². The van der Waals surface area contributed by atoms with Gasteiger partial charge in [-0.1, -0.05) is 0 Å². The van der Waals surface area contributed by atoms with Crippen molar-refractivity contribution < 1.29 is 29.3 Å². The van der Waals surface area contributed by atoms with Crippen LogP contribution in [0.4, 0.5) is 0 Å². The standard InChI is InChI=1S/C17H16O6/c1-2-22-13-6-3-11(4-7-13)16(20)10-23-17(21)14-8-5-12(18)9-15(14)19/h3-9,18-19H,2,10H2,1H3. The SMILES string of the molecule is CCOc1ccc(C(=O)COC(=O)c2ccc(O)cc2O)cc1. The highest BCUT2D eigenvalue weighted by Crippen LogP contribution is 2.23. The molecule has 0 saturated carbocycles. The molecule has 0 amide bonds. The summed E-state index contributed by atoms with van der Waals surface area (Å²) >= 11 is 0. The minimum atomic E-state index is -0.846. The van der Waals surface area contributed by atoms with Gasteiger partial charge in [0.1, 0.15) is 22.8 Å². The lowest BCUT2D eigenvalue weighted by Crippen LogP contribution is -2.14. The molecule has 2 aromatic carbocycles. The summed E-state index contributed by atoms with van der Waals surface area (Å²) in [6.07, 6.45) is 0. The van der Waals surface area contributed by atoms with Crippen molar-refractivity contribution in [2.24, 2.45) is 0 Å². The Hall–Kier alpha value is -3.02. The molecule has 0 fully saturated rings. The van der Waals surface area contributed by atoms with E-state index in [0.29, 0.717) is 17.9 Å². The van der Waals surface area contributed by atoms with Crippen LogP contribution in [0.5, 0.6) is 17.2 Å². The van der Waals surface area contributed by atoms with E-state index in [0.717, 1.165) is 6.07 Å². The maximum absolute atomic E-state index is 12.0. The van der Waals surface area contributed by atoms with E-state index >= 15 is 0 Å². The Balaban J connectivity index is 1.96. The van der Waals surface area contributed by atoms with E-state index in [1.54, 1.807) is 24.3 Å². The molecule has 2 N–H and O–H groups in total. The molecule has 6 nitrogen and oxygen atoms in total.